The number of hydrogen-bond acceptors (Lipinski definition) is 10. The number of hydrogen-bond donors (Lipinski definition) is 5. The molecular weight excluding hydrogens is 298 g/mol. The molecule has 5 N–H and O–H groups in total. The Bertz CT molecular complexity index is 544. The molecule has 1 aromatic heterocycles. The van der Waals surface area contributed by atoms with Gasteiger partial charge >= 0.3 is 5.69 Å². The van der Waals surface area contributed by atoms with Crippen molar-refractivity contribution in [1.82, 2.24) is 9.97 Å². The Labute approximate surface area is 125 Å². The van der Waals surface area contributed by atoms with Gasteiger partial charge in [-0.15, -0.1) is 0 Å². The Morgan fingerprint density at radius 2 is 2.05 bits per heavy atom. The van der Waals surface area contributed by atoms with Crippen molar-refractivity contribution in [3.8, 4) is 0 Å². The van der Waals surface area contributed by atoms with E-state index in [1.54, 1.807) is 6.92 Å². The van der Waals surface area contributed by atoms with Crippen LogP contribution in [-0.4, -0.2) is 67.9 Å². The van der Waals surface area contributed by atoms with Crippen LogP contribution < -0.4 is 10.6 Å². The van der Waals surface area contributed by atoms with E-state index in [-0.39, 0.29) is 11.6 Å². The summed E-state index contributed by atoms with van der Waals surface area (Å²) in [6, 6.07) is 0. The molecule has 2 heterocycles. The molecule has 0 unspecified atom stereocenters. The van der Waals surface area contributed by atoms with E-state index in [4.69, 9.17) is 9.84 Å². The minimum absolute atomic E-state index is 0.0248. The number of aliphatic hydroxyl groups excluding tert-OH is 3. The SMILES string of the molecule is CCNc1ncnc(N[C@H]2O[C@H](CO)[C@@H](O)[C@H]2O)c1[N+](=O)[O-]. The molecule has 0 aliphatic carbocycles. The van der Waals surface area contributed by atoms with Crippen molar-refractivity contribution < 1.29 is 25.0 Å². The minimum Gasteiger partial charge on any atom is -0.394 e. The molecule has 0 bridgehead atoms. The molecule has 1 aromatic rings. The third-order valence-corrected chi connectivity index (χ3v) is 3.17. The number of anilines is 2. The van der Waals surface area contributed by atoms with Crippen LogP contribution >= 0.6 is 0 Å². The summed E-state index contributed by atoms with van der Waals surface area (Å²) in [4.78, 5) is 18.1. The standard InChI is InChI=1S/C11H17N5O6/c1-2-12-9-6(16(20)21)10(14-4-13-9)15-11-8(19)7(18)5(3-17)22-11/h4-5,7-8,11,17-19H,2-3H2,1H3,(H2,12,13,14,15)/t5-,7-,8-,11+/m1/s1. The highest BCUT2D eigenvalue weighted by Gasteiger charge is 2.43. The molecule has 1 fully saturated rings. The summed E-state index contributed by atoms with van der Waals surface area (Å²) in [7, 11) is 0. The van der Waals surface area contributed by atoms with Gasteiger partial charge in [0, 0.05) is 6.54 Å². The Kier molecular flexibility index (Phi) is 5.03. The predicted octanol–water partition coefficient (Wildman–Crippen LogP) is -1.33. The molecule has 11 nitrogen and oxygen atoms in total. The maximum Gasteiger partial charge on any atom is 0.353 e. The van der Waals surface area contributed by atoms with Crippen LogP contribution in [0.5, 0.6) is 0 Å². The van der Waals surface area contributed by atoms with Crippen LogP contribution in [0.25, 0.3) is 0 Å². The molecule has 11 heteroatoms. The van der Waals surface area contributed by atoms with Crippen LogP contribution in [0.15, 0.2) is 6.33 Å². The van der Waals surface area contributed by atoms with Crippen molar-refractivity contribution in [3.05, 3.63) is 16.4 Å². The number of nitrogens with zero attached hydrogens (tertiary/aromatic N) is 3. The number of nitrogens with one attached hydrogen (secondary N) is 2. The molecule has 0 aromatic carbocycles. The molecule has 1 aliphatic rings. The molecule has 22 heavy (non-hydrogen) atoms. The van der Waals surface area contributed by atoms with Crippen LogP contribution in [-0.2, 0) is 4.74 Å². The molecule has 4 atom stereocenters. The van der Waals surface area contributed by atoms with Gasteiger partial charge in [0.2, 0.25) is 11.6 Å². The van der Waals surface area contributed by atoms with Crippen molar-refractivity contribution in [2.24, 2.45) is 0 Å². The number of aliphatic hydroxyl groups is 3. The van der Waals surface area contributed by atoms with Crippen LogP contribution in [0.4, 0.5) is 17.3 Å². The van der Waals surface area contributed by atoms with E-state index >= 15 is 0 Å². The van der Waals surface area contributed by atoms with Gasteiger partial charge in [0.25, 0.3) is 0 Å². The normalized spacial score (nSPS) is 27.6. The lowest BCUT2D eigenvalue weighted by molar-refractivity contribution is -0.383. The summed E-state index contributed by atoms with van der Waals surface area (Å²) in [6.07, 6.45) is -3.68. The van der Waals surface area contributed by atoms with Crippen LogP contribution in [0.2, 0.25) is 0 Å². The van der Waals surface area contributed by atoms with Crippen LogP contribution in [0.1, 0.15) is 6.92 Å². The summed E-state index contributed by atoms with van der Waals surface area (Å²) in [5.74, 6) is -0.137. The monoisotopic (exact) mass is 315 g/mol. The fourth-order valence-corrected chi connectivity index (χ4v) is 2.11. The maximum atomic E-state index is 11.2. The summed E-state index contributed by atoms with van der Waals surface area (Å²) in [6.45, 7) is 1.68. The summed E-state index contributed by atoms with van der Waals surface area (Å²) < 4.78 is 5.21. The van der Waals surface area contributed by atoms with Gasteiger partial charge in [0.05, 0.1) is 11.5 Å². The highest BCUT2D eigenvalue weighted by molar-refractivity contribution is 5.69. The van der Waals surface area contributed by atoms with Gasteiger partial charge in [-0.2, -0.15) is 0 Å². The summed E-state index contributed by atoms with van der Waals surface area (Å²) in [5, 5.41) is 45.0. The highest BCUT2D eigenvalue weighted by Crippen LogP contribution is 2.31. The average molecular weight is 315 g/mol. The predicted molar refractivity (Wildman–Crippen MR) is 74.2 cm³/mol. The lowest BCUT2D eigenvalue weighted by Crippen LogP contribution is -2.36. The fraction of sp³-hybridized carbons (Fsp3) is 0.636. The van der Waals surface area contributed by atoms with Gasteiger partial charge in [0.15, 0.2) is 6.23 Å². The first kappa shape index (κ1) is 16.3. The summed E-state index contributed by atoms with van der Waals surface area (Å²) in [5.41, 5.74) is -0.401. The lowest BCUT2D eigenvalue weighted by Gasteiger charge is -2.17. The van der Waals surface area contributed by atoms with Crippen molar-refractivity contribution >= 4 is 17.3 Å². The van der Waals surface area contributed by atoms with E-state index in [9.17, 15) is 20.3 Å². The van der Waals surface area contributed by atoms with Crippen LogP contribution in [0.3, 0.4) is 0 Å². The Hall–Kier alpha value is -2.08. The third kappa shape index (κ3) is 3.06. The quantitative estimate of drug-likeness (QED) is 0.314. The minimum atomic E-state index is -1.37. The average Bonchev–Trinajstić information content (AvgIpc) is 2.75. The van der Waals surface area contributed by atoms with Gasteiger partial charge in [-0.3, -0.25) is 10.1 Å². The number of rotatable bonds is 6. The zero-order valence-corrected chi connectivity index (χ0v) is 11.7. The third-order valence-electron chi connectivity index (χ3n) is 3.17. The smallest absolute Gasteiger partial charge is 0.353 e. The number of ether oxygens (including phenoxy) is 1. The zero-order chi connectivity index (χ0) is 16.3. The second-order valence-corrected chi connectivity index (χ2v) is 4.61. The lowest BCUT2D eigenvalue weighted by atomic mass is 10.1. The van der Waals surface area contributed by atoms with Gasteiger partial charge in [-0.05, 0) is 6.92 Å². The van der Waals surface area contributed by atoms with E-state index in [1.807, 2.05) is 0 Å². The van der Waals surface area contributed by atoms with Crippen molar-refractivity contribution in [1.29, 1.82) is 0 Å². The van der Waals surface area contributed by atoms with Crippen molar-refractivity contribution in [2.45, 2.75) is 31.5 Å². The second-order valence-electron chi connectivity index (χ2n) is 4.61. The molecule has 2 rings (SSSR count). The molecule has 0 radical (unpaired) electrons. The first-order chi connectivity index (χ1) is 10.5. The molecule has 0 amide bonds. The van der Waals surface area contributed by atoms with E-state index in [2.05, 4.69) is 20.6 Å². The molecule has 0 spiro atoms. The molecule has 0 saturated carbocycles. The zero-order valence-electron chi connectivity index (χ0n) is 11.7. The molecular formula is C11H17N5O6. The van der Waals surface area contributed by atoms with E-state index < -0.39 is 41.8 Å². The Morgan fingerprint density at radius 1 is 1.36 bits per heavy atom. The van der Waals surface area contributed by atoms with E-state index in [1.165, 1.54) is 0 Å². The molecule has 1 aliphatic heterocycles. The van der Waals surface area contributed by atoms with Crippen molar-refractivity contribution in [2.75, 3.05) is 23.8 Å². The van der Waals surface area contributed by atoms with Crippen molar-refractivity contribution in [3.63, 3.8) is 0 Å². The summed E-state index contributed by atoms with van der Waals surface area (Å²) >= 11 is 0. The fourth-order valence-electron chi connectivity index (χ4n) is 2.11. The largest absolute Gasteiger partial charge is 0.394 e. The van der Waals surface area contributed by atoms with Gasteiger partial charge in [-0.1, -0.05) is 0 Å². The van der Waals surface area contributed by atoms with Crippen LogP contribution in [0, 0.1) is 10.1 Å². The van der Waals surface area contributed by atoms with Gasteiger partial charge in [0.1, 0.15) is 24.6 Å². The van der Waals surface area contributed by atoms with E-state index in [0.717, 1.165) is 6.33 Å². The molecule has 122 valence electrons. The maximum absolute atomic E-state index is 11.2. The highest BCUT2D eigenvalue weighted by atomic mass is 16.6. The number of nitro groups is 1. The molecule has 1 saturated heterocycles. The van der Waals surface area contributed by atoms with Gasteiger partial charge in [-0.25, -0.2) is 9.97 Å². The Balaban J connectivity index is 2.26. The Morgan fingerprint density at radius 3 is 2.59 bits per heavy atom. The first-order valence-electron chi connectivity index (χ1n) is 6.61. The number of aromatic nitrogens is 2. The first-order valence-corrected chi connectivity index (χ1v) is 6.61. The second kappa shape index (κ2) is 6.79. The van der Waals surface area contributed by atoms with E-state index in [0.29, 0.717) is 6.54 Å². The topological polar surface area (TPSA) is 163 Å². The van der Waals surface area contributed by atoms with Gasteiger partial charge < -0.3 is 30.7 Å².